The number of rotatable bonds is 7. The number of carbonyl (C=O) groups excluding carboxylic acids is 1. The number of amides is 1. The zero-order chi connectivity index (χ0) is 24.8. The van der Waals surface area contributed by atoms with Gasteiger partial charge in [0.25, 0.3) is 5.56 Å². The molecule has 11 heteroatoms. The summed E-state index contributed by atoms with van der Waals surface area (Å²) in [7, 11) is 2.64. The lowest BCUT2D eigenvalue weighted by Gasteiger charge is -2.13. The normalized spacial score (nSPS) is 11.4. The number of aliphatic imine (C=N–C) groups is 1. The van der Waals surface area contributed by atoms with Gasteiger partial charge >= 0.3 is 5.69 Å². The molecular weight excluding hydrogens is 480 g/mol. The number of ether oxygens (including phenoxy) is 1. The number of thioether (sulfide) groups is 1. The fourth-order valence-electron chi connectivity index (χ4n) is 2.98. The minimum absolute atomic E-state index is 0.0825. The van der Waals surface area contributed by atoms with Crippen LogP contribution in [0.1, 0.15) is 12.5 Å². The van der Waals surface area contributed by atoms with Gasteiger partial charge in [-0.2, -0.15) is 0 Å². The van der Waals surface area contributed by atoms with Gasteiger partial charge in [-0.1, -0.05) is 29.4 Å². The second-order valence-electron chi connectivity index (χ2n) is 7.10. The van der Waals surface area contributed by atoms with Crippen molar-refractivity contribution < 1.29 is 14.6 Å². The van der Waals surface area contributed by atoms with Crippen molar-refractivity contribution in [3.05, 3.63) is 80.0 Å². The van der Waals surface area contributed by atoms with Crippen molar-refractivity contribution in [1.82, 2.24) is 9.13 Å². The third kappa shape index (κ3) is 5.89. The molecule has 0 radical (unpaired) electrons. The van der Waals surface area contributed by atoms with Crippen LogP contribution in [0.15, 0.2) is 63.1 Å². The molecule has 0 atom stereocenters. The van der Waals surface area contributed by atoms with Crippen LogP contribution in [0, 0.1) is 0 Å². The van der Waals surface area contributed by atoms with Gasteiger partial charge in [-0.15, -0.1) is 0 Å². The summed E-state index contributed by atoms with van der Waals surface area (Å²) in [6.45, 7) is 2.38. The van der Waals surface area contributed by atoms with Crippen LogP contribution >= 0.6 is 23.4 Å². The Hall–Kier alpha value is -3.50. The standard InChI is InChI=1S/C23H23ClN4O5S/c1-4-33-17-10-8-15(9-11-17)26-20(19-21(30)27(2)23(32)28(3)22(19)31)34-13-18(29)25-16-7-5-6-14(24)12-16/h5-12,30H,4,13H2,1-3H3,(H,25,29). The van der Waals surface area contributed by atoms with E-state index in [9.17, 15) is 19.5 Å². The molecule has 1 aromatic heterocycles. The summed E-state index contributed by atoms with van der Waals surface area (Å²) in [5.74, 6) is -0.376. The molecule has 0 unspecified atom stereocenters. The Morgan fingerprint density at radius 1 is 1.15 bits per heavy atom. The van der Waals surface area contributed by atoms with E-state index >= 15 is 0 Å². The lowest BCUT2D eigenvalue weighted by molar-refractivity contribution is -0.113. The van der Waals surface area contributed by atoms with Crippen LogP contribution in [0.3, 0.4) is 0 Å². The van der Waals surface area contributed by atoms with E-state index in [0.717, 1.165) is 20.9 Å². The Morgan fingerprint density at radius 2 is 1.85 bits per heavy atom. The average Bonchev–Trinajstić information content (AvgIpc) is 2.81. The first-order valence-electron chi connectivity index (χ1n) is 10.2. The van der Waals surface area contributed by atoms with Gasteiger partial charge in [-0.3, -0.25) is 18.7 Å². The van der Waals surface area contributed by atoms with Crippen LogP contribution in [0.5, 0.6) is 11.6 Å². The van der Waals surface area contributed by atoms with Crippen LogP contribution in [0.2, 0.25) is 5.02 Å². The Labute approximate surface area is 204 Å². The first-order valence-corrected chi connectivity index (χ1v) is 11.6. The summed E-state index contributed by atoms with van der Waals surface area (Å²) < 4.78 is 7.24. The number of benzene rings is 2. The number of aromatic hydroxyl groups is 1. The highest BCUT2D eigenvalue weighted by atomic mass is 35.5. The van der Waals surface area contributed by atoms with Gasteiger partial charge in [-0.25, -0.2) is 9.79 Å². The molecule has 1 amide bonds. The van der Waals surface area contributed by atoms with Gasteiger partial charge in [0.2, 0.25) is 11.8 Å². The van der Waals surface area contributed by atoms with Gasteiger partial charge < -0.3 is 15.2 Å². The Bertz CT molecular complexity index is 1350. The van der Waals surface area contributed by atoms with Gasteiger partial charge in [0.1, 0.15) is 16.4 Å². The minimum atomic E-state index is -0.729. The first kappa shape index (κ1) is 25.1. The number of nitrogens with one attached hydrogen (secondary N) is 1. The number of halogens is 1. The molecule has 9 nitrogen and oxygen atoms in total. The van der Waals surface area contributed by atoms with Gasteiger partial charge in [0.15, 0.2) is 0 Å². The van der Waals surface area contributed by atoms with Crippen LogP contribution in [-0.2, 0) is 18.9 Å². The molecule has 0 spiro atoms. The van der Waals surface area contributed by atoms with Gasteiger partial charge in [0, 0.05) is 24.8 Å². The topological polar surface area (TPSA) is 115 Å². The van der Waals surface area contributed by atoms with E-state index in [1.54, 1.807) is 48.5 Å². The molecule has 0 aliphatic rings. The summed E-state index contributed by atoms with van der Waals surface area (Å²) in [6.07, 6.45) is 0. The first-order chi connectivity index (χ1) is 16.2. The van der Waals surface area contributed by atoms with E-state index in [-0.39, 0.29) is 22.3 Å². The maximum Gasteiger partial charge on any atom is 0.333 e. The molecule has 2 N–H and O–H groups in total. The molecule has 1 heterocycles. The fraction of sp³-hybridized carbons (Fsp3) is 0.217. The number of hydrogen-bond acceptors (Lipinski definition) is 7. The second kappa shape index (κ2) is 11.1. The van der Waals surface area contributed by atoms with Gasteiger partial charge in [0.05, 0.1) is 18.0 Å². The van der Waals surface area contributed by atoms with Crippen LogP contribution in [0.25, 0.3) is 0 Å². The van der Waals surface area contributed by atoms with Crippen LogP contribution < -0.4 is 21.3 Å². The molecule has 0 aliphatic heterocycles. The fourth-order valence-corrected chi connectivity index (χ4v) is 4.00. The molecule has 34 heavy (non-hydrogen) atoms. The molecule has 2 aromatic carbocycles. The highest BCUT2D eigenvalue weighted by Crippen LogP contribution is 2.25. The van der Waals surface area contributed by atoms with Crippen molar-refractivity contribution in [2.24, 2.45) is 19.1 Å². The van der Waals surface area contributed by atoms with Crippen LogP contribution in [0.4, 0.5) is 11.4 Å². The molecule has 0 fully saturated rings. The summed E-state index contributed by atoms with van der Waals surface area (Å²) in [5, 5.41) is 13.9. The monoisotopic (exact) mass is 502 g/mol. The van der Waals surface area contributed by atoms with E-state index in [1.165, 1.54) is 14.1 Å². The predicted octanol–water partition coefficient (Wildman–Crippen LogP) is 3.29. The molecule has 3 rings (SSSR count). The highest BCUT2D eigenvalue weighted by Gasteiger charge is 2.22. The van der Waals surface area contributed by atoms with Crippen molar-refractivity contribution in [3.63, 3.8) is 0 Å². The molecule has 0 saturated carbocycles. The Morgan fingerprint density at radius 3 is 2.50 bits per heavy atom. The largest absolute Gasteiger partial charge is 0.494 e. The van der Waals surface area contributed by atoms with E-state index in [0.29, 0.717) is 28.8 Å². The number of hydrogen-bond donors (Lipinski definition) is 2. The molecule has 0 saturated heterocycles. The quantitative estimate of drug-likeness (QED) is 0.378. The Kier molecular flexibility index (Phi) is 8.19. The number of anilines is 1. The van der Waals surface area contributed by atoms with Crippen molar-refractivity contribution in [1.29, 1.82) is 0 Å². The predicted molar refractivity (Wildman–Crippen MR) is 135 cm³/mol. The van der Waals surface area contributed by atoms with Crippen molar-refractivity contribution >= 4 is 45.7 Å². The summed E-state index contributed by atoms with van der Waals surface area (Å²) >= 11 is 6.91. The molecule has 0 aliphatic carbocycles. The zero-order valence-corrected chi connectivity index (χ0v) is 20.3. The third-order valence-electron chi connectivity index (χ3n) is 4.67. The smallest absolute Gasteiger partial charge is 0.333 e. The molecule has 0 bridgehead atoms. The number of carbonyl (C=O) groups is 1. The molecular formula is C23H23ClN4O5S. The lowest BCUT2D eigenvalue weighted by atomic mass is 10.3. The number of nitrogens with zero attached hydrogens (tertiary/aromatic N) is 3. The summed E-state index contributed by atoms with van der Waals surface area (Å²) in [6, 6.07) is 13.5. The van der Waals surface area contributed by atoms with E-state index in [4.69, 9.17) is 16.3 Å². The van der Waals surface area contributed by atoms with Crippen molar-refractivity contribution in [3.8, 4) is 11.6 Å². The molecule has 178 valence electrons. The van der Waals surface area contributed by atoms with E-state index in [2.05, 4.69) is 10.3 Å². The SMILES string of the molecule is CCOc1ccc(N=C(SCC(=O)Nc2cccc(Cl)c2)c2c(O)n(C)c(=O)n(C)c2=O)cc1. The summed E-state index contributed by atoms with van der Waals surface area (Å²) in [5.41, 5.74) is -0.608. The highest BCUT2D eigenvalue weighted by molar-refractivity contribution is 8.15. The number of aromatic nitrogens is 2. The zero-order valence-electron chi connectivity index (χ0n) is 18.7. The third-order valence-corrected chi connectivity index (χ3v) is 5.88. The van der Waals surface area contributed by atoms with E-state index in [1.807, 2.05) is 6.92 Å². The summed E-state index contributed by atoms with van der Waals surface area (Å²) in [4.78, 5) is 42.1. The lowest BCUT2D eigenvalue weighted by Crippen LogP contribution is -2.39. The van der Waals surface area contributed by atoms with Gasteiger partial charge in [-0.05, 0) is 49.4 Å². The van der Waals surface area contributed by atoms with Crippen LogP contribution in [-0.4, -0.2) is 37.6 Å². The minimum Gasteiger partial charge on any atom is -0.494 e. The molecule has 3 aromatic rings. The maximum atomic E-state index is 12.9. The maximum absolute atomic E-state index is 12.9. The Balaban J connectivity index is 1.97. The van der Waals surface area contributed by atoms with E-state index < -0.39 is 17.1 Å². The van der Waals surface area contributed by atoms with Crippen molar-refractivity contribution in [2.75, 3.05) is 17.7 Å². The average molecular weight is 503 g/mol. The second-order valence-corrected chi connectivity index (χ2v) is 8.50. The van der Waals surface area contributed by atoms with Crippen molar-refractivity contribution in [2.45, 2.75) is 6.92 Å².